The maximum atomic E-state index is 12.0. The van der Waals surface area contributed by atoms with Crippen molar-refractivity contribution in [2.45, 2.75) is 0 Å². The van der Waals surface area contributed by atoms with E-state index in [0.29, 0.717) is 0 Å². The molecule has 0 radical (unpaired) electrons. The molecule has 0 spiro atoms. The van der Waals surface area contributed by atoms with E-state index in [1.807, 2.05) is 0 Å². The second-order valence-corrected chi connectivity index (χ2v) is 9.11. The van der Waals surface area contributed by atoms with Gasteiger partial charge >= 0.3 is 0 Å². The normalized spacial score (nSPS) is 17.6. The summed E-state index contributed by atoms with van der Waals surface area (Å²) in [5.74, 6) is -1.12. The van der Waals surface area contributed by atoms with E-state index in [2.05, 4.69) is 0 Å². The molecule has 0 aliphatic heterocycles. The molecular formula is C12H14O6P2. The van der Waals surface area contributed by atoms with Gasteiger partial charge in [0.1, 0.15) is 11.5 Å². The van der Waals surface area contributed by atoms with Crippen molar-refractivity contribution in [2.75, 3.05) is 13.3 Å². The van der Waals surface area contributed by atoms with Crippen LogP contribution in [0.3, 0.4) is 0 Å². The molecule has 2 aromatic rings. The van der Waals surface area contributed by atoms with Crippen molar-refractivity contribution in [3.8, 4) is 11.5 Å². The fourth-order valence-corrected chi connectivity index (χ4v) is 5.30. The first-order valence-corrected chi connectivity index (χ1v) is 9.84. The Morgan fingerprint density at radius 3 is 1.35 bits per heavy atom. The van der Waals surface area contributed by atoms with Crippen molar-refractivity contribution in [3.05, 3.63) is 24.3 Å². The van der Waals surface area contributed by atoms with Crippen molar-refractivity contribution < 1.29 is 29.1 Å². The third kappa shape index (κ3) is 2.36. The summed E-state index contributed by atoms with van der Waals surface area (Å²) in [5.41, 5.74) is 0. The smallest absolute Gasteiger partial charge is 0.231 e. The van der Waals surface area contributed by atoms with Gasteiger partial charge in [0.25, 0.3) is 0 Å². The first kappa shape index (κ1) is 15.1. The summed E-state index contributed by atoms with van der Waals surface area (Å²) in [6.07, 6.45) is 0. The van der Waals surface area contributed by atoms with Gasteiger partial charge in [0.05, 0.1) is 10.6 Å². The zero-order chi connectivity index (χ0) is 15.3. The van der Waals surface area contributed by atoms with Crippen molar-refractivity contribution in [1.29, 1.82) is 0 Å². The Morgan fingerprint density at radius 2 is 1.10 bits per heavy atom. The van der Waals surface area contributed by atoms with Crippen molar-refractivity contribution >= 4 is 36.1 Å². The van der Waals surface area contributed by atoms with Gasteiger partial charge in [-0.15, -0.1) is 0 Å². The highest BCUT2D eigenvalue weighted by molar-refractivity contribution is 7.72. The molecule has 0 saturated carbocycles. The first-order chi connectivity index (χ1) is 9.05. The van der Waals surface area contributed by atoms with Gasteiger partial charge in [-0.05, 0) is 0 Å². The summed E-state index contributed by atoms with van der Waals surface area (Å²) < 4.78 is 23.9. The molecule has 0 aliphatic carbocycles. The van der Waals surface area contributed by atoms with Gasteiger partial charge in [0.2, 0.25) is 14.7 Å². The largest absolute Gasteiger partial charge is 0.506 e. The predicted molar refractivity (Wildman–Crippen MR) is 78.0 cm³/mol. The molecule has 0 heterocycles. The molecule has 0 fully saturated rings. The minimum atomic E-state index is -4.06. The van der Waals surface area contributed by atoms with Crippen LogP contribution in [0.4, 0.5) is 0 Å². The van der Waals surface area contributed by atoms with Crippen LogP contribution in [0.15, 0.2) is 24.3 Å². The lowest BCUT2D eigenvalue weighted by atomic mass is 10.1. The van der Waals surface area contributed by atoms with Crippen LogP contribution in [0.5, 0.6) is 11.5 Å². The lowest BCUT2D eigenvalue weighted by molar-refractivity contribution is 0.463. The van der Waals surface area contributed by atoms with Crippen molar-refractivity contribution in [1.82, 2.24) is 0 Å². The summed E-state index contributed by atoms with van der Waals surface area (Å²) >= 11 is 0. The Morgan fingerprint density at radius 1 is 0.800 bits per heavy atom. The first-order valence-electron chi connectivity index (χ1n) is 5.63. The van der Waals surface area contributed by atoms with E-state index in [1.165, 1.54) is 12.1 Å². The molecule has 2 atom stereocenters. The Kier molecular flexibility index (Phi) is 3.47. The van der Waals surface area contributed by atoms with Gasteiger partial charge < -0.3 is 20.0 Å². The van der Waals surface area contributed by atoms with Crippen LogP contribution in [0.25, 0.3) is 10.8 Å². The van der Waals surface area contributed by atoms with Crippen molar-refractivity contribution in [3.63, 3.8) is 0 Å². The zero-order valence-electron chi connectivity index (χ0n) is 10.8. The molecule has 0 aromatic heterocycles. The van der Waals surface area contributed by atoms with E-state index < -0.39 is 36.8 Å². The second-order valence-electron chi connectivity index (χ2n) is 4.70. The van der Waals surface area contributed by atoms with Crippen LogP contribution in [-0.2, 0) is 9.13 Å². The summed E-state index contributed by atoms with van der Waals surface area (Å²) in [5, 5.41) is 19.5. The maximum Gasteiger partial charge on any atom is 0.231 e. The van der Waals surface area contributed by atoms with E-state index in [-0.39, 0.29) is 10.8 Å². The van der Waals surface area contributed by atoms with Crippen LogP contribution in [-0.4, -0.2) is 33.3 Å². The number of rotatable bonds is 2. The van der Waals surface area contributed by atoms with E-state index in [1.54, 1.807) is 12.1 Å². The van der Waals surface area contributed by atoms with Crippen LogP contribution in [0.2, 0.25) is 0 Å². The third-order valence-corrected chi connectivity index (χ3v) is 5.65. The molecule has 4 N–H and O–H groups in total. The molecule has 0 aliphatic rings. The van der Waals surface area contributed by atoms with Gasteiger partial charge in [0.15, 0.2) is 0 Å². The molecule has 0 bridgehead atoms. The quantitative estimate of drug-likeness (QED) is 0.490. The minimum Gasteiger partial charge on any atom is -0.506 e. The summed E-state index contributed by atoms with van der Waals surface area (Å²) in [7, 11) is -8.13. The molecule has 20 heavy (non-hydrogen) atoms. The topological polar surface area (TPSA) is 115 Å². The molecule has 2 rings (SSSR count). The Labute approximate surface area is 115 Å². The maximum absolute atomic E-state index is 12.0. The van der Waals surface area contributed by atoms with Crippen molar-refractivity contribution in [2.24, 2.45) is 0 Å². The molecule has 0 amide bonds. The summed E-state index contributed by atoms with van der Waals surface area (Å²) in [6, 6.07) is 6.05. The van der Waals surface area contributed by atoms with Gasteiger partial charge in [0, 0.05) is 24.1 Å². The van der Waals surface area contributed by atoms with Gasteiger partial charge in [-0.25, -0.2) is 0 Å². The highest BCUT2D eigenvalue weighted by Gasteiger charge is 2.35. The molecule has 108 valence electrons. The second kappa shape index (κ2) is 4.61. The van der Waals surface area contributed by atoms with E-state index in [0.717, 1.165) is 13.3 Å². The van der Waals surface area contributed by atoms with Crippen LogP contribution >= 0.6 is 14.7 Å². The molecular weight excluding hydrogens is 302 g/mol. The summed E-state index contributed by atoms with van der Waals surface area (Å²) in [6.45, 7) is 1.88. The van der Waals surface area contributed by atoms with Crippen LogP contribution in [0, 0.1) is 0 Å². The van der Waals surface area contributed by atoms with Crippen LogP contribution in [0.1, 0.15) is 0 Å². The lowest BCUT2D eigenvalue weighted by Crippen LogP contribution is -2.26. The molecule has 2 unspecified atom stereocenters. The summed E-state index contributed by atoms with van der Waals surface area (Å²) in [4.78, 5) is 19.5. The zero-order valence-corrected chi connectivity index (χ0v) is 12.6. The van der Waals surface area contributed by atoms with E-state index in [4.69, 9.17) is 0 Å². The van der Waals surface area contributed by atoms with Crippen LogP contribution < -0.4 is 10.6 Å². The molecule has 6 nitrogen and oxygen atoms in total. The Hall–Kier alpha value is -1.32. The number of benzene rings is 2. The van der Waals surface area contributed by atoms with E-state index in [9.17, 15) is 29.1 Å². The molecule has 2 aromatic carbocycles. The fraction of sp³-hybridized carbons (Fsp3) is 0.167. The number of phenols is 2. The highest BCUT2D eigenvalue weighted by Crippen LogP contribution is 2.48. The Balaban J connectivity index is 3.14. The van der Waals surface area contributed by atoms with E-state index >= 15 is 0 Å². The monoisotopic (exact) mass is 316 g/mol. The Bertz CT molecular complexity index is 720. The molecule has 0 saturated heterocycles. The predicted octanol–water partition coefficient (Wildman–Crippen LogP) is 1.30. The SMILES string of the molecule is CP(=O)(O)c1c(P(C)(=O)O)c(O)c2ccccc2c1O. The number of phenolic OH excluding ortho intramolecular Hbond substituents is 2. The highest BCUT2D eigenvalue weighted by atomic mass is 31.2. The number of fused-ring (bicyclic) bond motifs is 1. The average Bonchev–Trinajstić information content (AvgIpc) is 2.30. The van der Waals surface area contributed by atoms with Gasteiger partial charge in [-0.2, -0.15) is 0 Å². The molecule has 8 heteroatoms. The number of hydrogen-bond acceptors (Lipinski definition) is 4. The lowest BCUT2D eigenvalue weighted by Gasteiger charge is -2.19. The number of hydrogen-bond donors (Lipinski definition) is 4. The minimum absolute atomic E-state index is 0.147. The number of aromatic hydroxyl groups is 2. The fourth-order valence-electron chi connectivity index (χ4n) is 2.16. The average molecular weight is 316 g/mol. The van der Waals surface area contributed by atoms with Gasteiger partial charge in [-0.1, -0.05) is 24.3 Å². The van der Waals surface area contributed by atoms with Gasteiger partial charge in [-0.3, -0.25) is 9.13 Å². The standard InChI is InChI=1S/C12H14O6P2/c1-19(15,16)11-9(13)7-5-3-4-6-8(7)10(14)12(11)20(2,17)18/h3-6,13-14H,1-2H3,(H,15,16)(H,17,18). The third-order valence-electron chi connectivity index (χ3n) is 2.94.